The molecule has 0 bridgehead atoms. The molecule has 0 fully saturated rings. The van der Waals surface area contributed by atoms with E-state index in [1.54, 1.807) is 36.1 Å². The molecule has 0 unspecified atom stereocenters. The number of benzene rings is 2. The van der Waals surface area contributed by atoms with Gasteiger partial charge in [0.15, 0.2) is 0 Å². The van der Waals surface area contributed by atoms with Crippen LogP contribution >= 0.6 is 0 Å². The number of carbonyl (C=O) groups is 2. The molecule has 1 N–H and O–H groups in total. The molecule has 8 nitrogen and oxygen atoms in total. The van der Waals surface area contributed by atoms with Crippen molar-refractivity contribution in [1.29, 1.82) is 0 Å². The van der Waals surface area contributed by atoms with Crippen molar-refractivity contribution >= 4 is 33.5 Å². The Hall–Kier alpha value is -3.95. The van der Waals surface area contributed by atoms with E-state index < -0.39 is 21.8 Å². The minimum Gasteiger partial charge on any atom is -0.465 e. The number of nitrogens with one attached hydrogen (secondary N) is 1. The van der Waals surface area contributed by atoms with Crippen LogP contribution in [0.5, 0.6) is 0 Å². The average molecular weight is 507 g/mol. The number of anilines is 1. The number of aryl methyl sites for hydroxylation is 2. The van der Waals surface area contributed by atoms with E-state index in [-0.39, 0.29) is 22.7 Å². The molecule has 0 spiro atoms. The Bertz CT molecular complexity index is 1480. The Balaban J connectivity index is 1.61. The number of hydrogen-bond acceptors (Lipinski definition) is 7. The Labute approximate surface area is 209 Å². The maximum absolute atomic E-state index is 13.2. The zero-order valence-electron chi connectivity index (χ0n) is 20.4. The lowest BCUT2D eigenvalue weighted by Crippen LogP contribution is -2.22. The zero-order valence-corrected chi connectivity index (χ0v) is 21.2. The van der Waals surface area contributed by atoms with Gasteiger partial charge >= 0.3 is 5.97 Å². The number of esters is 1. The third-order valence-corrected chi connectivity index (χ3v) is 7.23. The van der Waals surface area contributed by atoms with Crippen LogP contribution in [0.15, 0.2) is 86.9 Å². The third-order valence-electron chi connectivity index (χ3n) is 5.81. The molecule has 1 aliphatic rings. The summed E-state index contributed by atoms with van der Waals surface area (Å²) >= 11 is 0. The summed E-state index contributed by atoms with van der Waals surface area (Å²) in [6, 6.07) is 17.3. The van der Waals surface area contributed by atoms with Gasteiger partial charge in [0.1, 0.15) is 17.1 Å². The Morgan fingerprint density at radius 3 is 2.19 bits per heavy atom. The molecule has 0 atom stereocenters. The number of hydrogen-bond donors (Lipinski definition) is 1. The number of sulfonamides is 1. The Morgan fingerprint density at radius 1 is 0.972 bits per heavy atom. The molecule has 1 aliphatic heterocycles. The number of Topliss-reactive ketones (excluding diaryl/α,β-unsaturated/α-hetero) is 1. The molecule has 2 heterocycles. The van der Waals surface area contributed by atoms with Crippen molar-refractivity contribution in [3.8, 4) is 0 Å². The van der Waals surface area contributed by atoms with Crippen molar-refractivity contribution in [2.75, 3.05) is 12.0 Å². The molecule has 0 saturated carbocycles. The number of ketones is 1. The van der Waals surface area contributed by atoms with E-state index in [9.17, 15) is 18.0 Å². The molecule has 0 amide bonds. The minimum atomic E-state index is -3.72. The SMILES string of the molecule is COC(=O)C1=C(C)N(c2ccc(C)cc2)/C(=C/c2ccc(CNS(=O)(=O)c3ccc(C)cc3)o2)C1=O. The standard InChI is InChI=1S/C27H26N2O6S/c1-17-5-9-20(10-6-17)29-19(3)25(27(31)34-4)26(30)24(29)15-21-11-12-22(35-21)16-28-36(32,33)23-13-7-18(2)8-14-23/h5-15,28H,16H2,1-4H3/b24-15+. The first-order valence-corrected chi connectivity index (χ1v) is 12.7. The summed E-state index contributed by atoms with van der Waals surface area (Å²) in [6.45, 7) is 5.44. The van der Waals surface area contributed by atoms with Crippen molar-refractivity contribution in [2.24, 2.45) is 0 Å². The summed E-state index contributed by atoms with van der Waals surface area (Å²) in [5.74, 6) is -0.511. The number of ether oxygens (including phenoxy) is 1. The molecule has 0 aliphatic carbocycles. The first-order valence-electron chi connectivity index (χ1n) is 11.2. The van der Waals surface area contributed by atoms with Crippen molar-refractivity contribution in [1.82, 2.24) is 4.72 Å². The molecule has 36 heavy (non-hydrogen) atoms. The quantitative estimate of drug-likeness (QED) is 0.290. The first kappa shape index (κ1) is 25.2. The van der Waals surface area contributed by atoms with Crippen molar-refractivity contribution in [3.63, 3.8) is 0 Å². The van der Waals surface area contributed by atoms with E-state index in [1.807, 2.05) is 38.1 Å². The maximum Gasteiger partial charge on any atom is 0.343 e. The lowest BCUT2D eigenvalue weighted by molar-refractivity contribution is -0.137. The Morgan fingerprint density at radius 2 is 1.58 bits per heavy atom. The van der Waals surface area contributed by atoms with E-state index in [1.165, 1.54) is 25.3 Å². The summed E-state index contributed by atoms with van der Waals surface area (Å²) in [6.07, 6.45) is 1.53. The van der Waals surface area contributed by atoms with E-state index >= 15 is 0 Å². The minimum absolute atomic E-state index is 0.0537. The van der Waals surface area contributed by atoms with Crippen LogP contribution in [0.3, 0.4) is 0 Å². The predicted molar refractivity (Wildman–Crippen MR) is 135 cm³/mol. The fourth-order valence-electron chi connectivity index (χ4n) is 3.85. The lowest BCUT2D eigenvalue weighted by atomic mass is 10.1. The average Bonchev–Trinajstić information content (AvgIpc) is 3.40. The van der Waals surface area contributed by atoms with Gasteiger partial charge in [-0.25, -0.2) is 17.9 Å². The maximum atomic E-state index is 13.2. The monoisotopic (exact) mass is 506 g/mol. The molecule has 0 saturated heterocycles. The summed E-state index contributed by atoms with van der Waals surface area (Å²) in [5.41, 5.74) is 3.32. The van der Waals surface area contributed by atoms with Crippen LogP contribution in [0.2, 0.25) is 0 Å². The molecular weight excluding hydrogens is 480 g/mol. The predicted octanol–water partition coefficient (Wildman–Crippen LogP) is 4.25. The normalized spacial score (nSPS) is 15.2. The molecule has 186 valence electrons. The van der Waals surface area contributed by atoms with Gasteiger partial charge in [0, 0.05) is 17.5 Å². The highest BCUT2D eigenvalue weighted by atomic mass is 32.2. The number of carbonyl (C=O) groups excluding carboxylic acids is 2. The second-order valence-corrected chi connectivity index (χ2v) is 10.2. The van der Waals surface area contributed by atoms with Gasteiger partial charge in [-0.05, 0) is 57.2 Å². The van der Waals surface area contributed by atoms with Crippen LogP contribution in [0.4, 0.5) is 5.69 Å². The van der Waals surface area contributed by atoms with Gasteiger partial charge in [0.05, 0.1) is 24.2 Å². The van der Waals surface area contributed by atoms with Crippen LogP contribution in [-0.2, 0) is 30.9 Å². The van der Waals surface area contributed by atoms with Gasteiger partial charge in [-0.1, -0.05) is 35.4 Å². The summed E-state index contributed by atoms with van der Waals surface area (Å²) in [7, 11) is -2.49. The van der Waals surface area contributed by atoms with E-state index in [0.717, 1.165) is 11.1 Å². The van der Waals surface area contributed by atoms with Gasteiger partial charge < -0.3 is 14.1 Å². The van der Waals surface area contributed by atoms with Crippen LogP contribution in [-0.4, -0.2) is 27.3 Å². The summed E-state index contributed by atoms with van der Waals surface area (Å²) in [5, 5.41) is 0. The molecular formula is C27H26N2O6S. The lowest BCUT2D eigenvalue weighted by Gasteiger charge is -2.21. The summed E-state index contributed by atoms with van der Waals surface area (Å²) < 4.78 is 38.3. The van der Waals surface area contributed by atoms with E-state index in [0.29, 0.717) is 22.9 Å². The third kappa shape index (κ3) is 5.02. The second-order valence-electron chi connectivity index (χ2n) is 8.42. The Kier molecular flexibility index (Phi) is 6.96. The summed E-state index contributed by atoms with van der Waals surface area (Å²) in [4.78, 5) is 27.4. The highest BCUT2D eigenvalue weighted by molar-refractivity contribution is 7.89. The highest BCUT2D eigenvalue weighted by Crippen LogP contribution is 2.36. The number of methoxy groups -OCH3 is 1. The number of furan rings is 1. The van der Waals surface area contributed by atoms with Crippen molar-refractivity contribution in [3.05, 3.63) is 100 Å². The van der Waals surface area contributed by atoms with E-state index in [4.69, 9.17) is 9.15 Å². The fraction of sp³-hybridized carbons (Fsp3) is 0.185. The molecule has 4 rings (SSSR count). The zero-order chi connectivity index (χ0) is 26.0. The molecule has 0 radical (unpaired) electrons. The van der Waals surface area contributed by atoms with Crippen LogP contribution < -0.4 is 9.62 Å². The van der Waals surface area contributed by atoms with Gasteiger partial charge in [0.2, 0.25) is 15.8 Å². The van der Waals surface area contributed by atoms with Crippen molar-refractivity contribution < 1.29 is 27.2 Å². The molecule has 9 heteroatoms. The van der Waals surface area contributed by atoms with Crippen LogP contribution in [0, 0.1) is 13.8 Å². The van der Waals surface area contributed by atoms with E-state index in [2.05, 4.69) is 4.72 Å². The van der Waals surface area contributed by atoms with Gasteiger partial charge in [-0.2, -0.15) is 0 Å². The smallest absolute Gasteiger partial charge is 0.343 e. The second kappa shape index (κ2) is 9.96. The highest BCUT2D eigenvalue weighted by Gasteiger charge is 2.38. The van der Waals surface area contributed by atoms with Gasteiger partial charge in [-0.15, -0.1) is 0 Å². The van der Waals surface area contributed by atoms with Gasteiger partial charge in [0.25, 0.3) is 0 Å². The number of nitrogens with zero attached hydrogens (tertiary/aromatic N) is 1. The van der Waals surface area contributed by atoms with Crippen LogP contribution in [0.1, 0.15) is 29.6 Å². The van der Waals surface area contributed by atoms with Crippen LogP contribution in [0.25, 0.3) is 6.08 Å². The molecule has 3 aromatic rings. The largest absolute Gasteiger partial charge is 0.465 e. The first-order chi connectivity index (χ1) is 17.1. The molecule has 1 aromatic heterocycles. The molecule has 2 aromatic carbocycles. The van der Waals surface area contributed by atoms with Gasteiger partial charge in [-0.3, -0.25) is 4.79 Å². The number of rotatable bonds is 7. The topological polar surface area (TPSA) is 106 Å². The van der Waals surface area contributed by atoms with Crippen molar-refractivity contribution in [2.45, 2.75) is 32.2 Å². The fourth-order valence-corrected chi connectivity index (χ4v) is 4.85. The number of allylic oxidation sites excluding steroid dienone is 2.